The van der Waals surface area contributed by atoms with Gasteiger partial charge in [-0.05, 0) is 24.0 Å². The molecule has 0 bridgehead atoms. The fraction of sp³-hybridized carbons (Fsp3) is 0.435. The average Bonchev–Trinajstić information content (AvgIpc) is 2.73. The molecular formula is C23H29NO2S. The number of ether oxygens (including phenoxy) is 1. The Hall–Kier alpha value is -1.78. The third-order valence-corrected chi connectivity index (χ3v) is 5.84. The molecule has 0 heterocycles. The Balaban J connectivity index is 1.42. The average molecular weight is 384 g/mol. The number of thioether (sulfide) groups is 1. The van der Waals surface area contributed by atoms with E-state index in [2.05, 4.69) is 29.6 Å². The number of rotatable bonds is 9. The zero-order valence-electron chi connectivity index (χ0n) is 15.8. The van der Waals surface area contributed by atoms with Gasteiger partial charge in [0.05, 0.1) is 12.4 Å². The predicted octanol–water partition coefficient (Wildman–Crippen LogP) is 4.97. The van der Waals surface area contributed by atoms with E-state index >= 15 is 0 Å². The van der Waals surface area contributed by atoms with E-state index < -0.39 is 0 Å². The highest BCUT2D eigenvalue weighted by Gasteiger charge is 2.16. The number of nitrogens with one attached hydrogen (secondary N) is 1. The number of amides is 1. The number of hydrogen-bond donors (Lipinski definition) is 1. The van der Waals surface area contributed by atoms with E-state index in [-0.39, 0.29) is 12.0 Å². The number of carbonyl (C=O) groups is 1. The summed E-state index contributed by atoms with van der Waals surface area (Å²) in [5, 5.41) is 3.17. The van der Waals surface area contributed by atoms with Gasteiger partial charge in [0.2, 0.25) is 5.91 Å². The first kappa shape index (κ1) is 20.0. The molecule has 4 heteroatoms. The largest absolute Gasteiger partial charge is 0.368 e. The Bertz CT molecular complexity index is 632. The second-order valence-corrected chi connectivity index (χ2v) is 8.13. The first-order valence-electron chi connectivity index (χ1n) is 9.91. The molecule has 0 unspecified atom stereocenters. The highest BCUT2D eigenvalue weighted by molar-refractivity contribution is 7.99. The Morgan fingerprint density at radius 2 is 1.56 bits per heavy atom. The van der Waals surface area contributed by atoms with E-state index in [1.54, 1.807) is 11.8 Å². The van der Waals surface area contributed by atoms with Crippen LogP contribution in [-0.4, -0.2) is 30.1 Å². The third-order valence-electron chi connectivity index (χ3n) is 4.92. The lowest BCUT2D eigenvalue weighted by Crippen LogP contribution is -2.37. The normalized spacial score (nSPS) is 15.0. The molecule has 2 aromatic rings. The lowest BCUT2D eigenvalue weighted by molar-refractivity contribution is -0.119. The molecule has 1 saturated carbocycles. The first-order valence-corrected chi connectivity index (χ1v) is 11.1. The van der Waals surface area contributed by atoms with Crippen LogP contribution in [0.5, 0.6) is 0 Å². The van der Waals surface area contributed by atoms with E-state index in [1.165, 1.54) is 19.3 Å². The summed E-state index contributed by atoms with van der Waals surface area (Å²) in [5.74, 6) is 1.49. The summed E-state index contributed by atoms with van der Waals surface area (Å²) in [6.45, 7) is 0.621. The highest BCUT2D eigenvalue weighted by atomic mass is 32.2. The Labute approximate surface area is 166 Å². The SMILES string of the molecule is O=C(CSCCOC(c1ccccc1)c1ccccc1)NC1CCCCC1. The zero-order chi connectivity index (χ0) is 18.7. The van der Waals surface area contributed by atoms with Gasteiger partial charge >= 0.3 is 0 Å². The summed E-state index contributed by atoms with van der Waals surface area (Å²) in [6, 6.07) is 21.0. The molecule has 3 rings (SSSR count). The van der Waals surface area contributed by atoms with Crippen molar-refractivity contribution in [3.05, 3.63) is 71.8 Å². The van der Waals surface area contributed by atoms with Gasteiger partial charge < -0.3 is 10.1 Å². The Kier molecular flexibility index (Phi) is 8.25. The molecule has 2 aromatic carbocycles. The van der Waals surface area contributed by atoms with E-state index in [1.807, 2.05) is 36.4 Å². The number of benzene rings is 2. The lowest BCUT2D eigenvalue weighted by Gasteiger charge is -2.22. The molecule has 0 radical (unpaired) electrons. The van der Waals surface area contributed by atoms with Crippen molar-refractivity contribution >= 4 is 17.7 Å². The lowest BCUT2D eigenvalue weighted by atomic mass is 9.95. The van der Waals surface area contributed by atoms with Gasteiger partial charge in [-0.15, -0.1) is 11.8 Å². The summed E-state index contributed by atoms with van der Waals surface area (Å²) < 4.78 is 6.19. The second-order valence-electron chi connectivity index (χ2n) is 7.03. The fourth-order valence-corrected chi connectivity index (χ4v) is 4.17. The minimum Gasteiger partial charge on any atom is -0.368 e. The molecule has 144 valence electrons. The van der Waals surface area contributed by atoms with Crippen molar-refractivity contribution in [2.24, 2.45) is 0 Å². The van der Waals surface area contributed by atoms with Gasteiger partial charge in [0.15, 0.2) is 0 Å². The van der Waals surface area contributed by atoms with Crippen LogP contribution in [0.1, 0.15) is 49.3 Å². The third kappa shape index (κ3) is 6.71. The molecule has 3 nitrogen and oxygen atoms in total. The van der Waals surface area contributed by atoms with Crippen LogP contribution in [0, 0.1) is 0 Å². The van der Waals surface area contributed by atoms with Crippen molar-refractivity contribution in [3.63, 3.8) is 0 Å². The maximum absolute atomic E-state index is 12.1. The molecule has 1 aliphatic rings. The first-order chi connectivity index (χ1) is 13.3. The highest BCUT2D eigenvalue weighted by Crippen LogP contribution is 2.26. The van der Waals surface area contributed by atoms with Gasteiger partial charge in [0.1, 0.15) is 6.10 Å². The summed E-state index contributed by atoms with van der Waals surface area (Å²) in [4.78, 5) is 12.1. The van der Waals surface area contributed by atoms with E-state index in [9.17, 15) is 4.79 Å². The molecular weight excluding hydrogens is 354 g/mol. The van der Waals surface area contributed by atoms with Gasteiger partial charge in [-0.2, -0.15) is 0 Å². The smallest absolute Gasteiger partial charge is 0.230 e. The molecule has 1 amide bonds. The monoisotopic (exact) mass is 383 g/mol. The molecule has 0 spiro atoms. The summed E-state index contributed by atoms with van der Waals surface area (Å²) >= 11 is 1.65. The quantitative estimate of drug-likeness (QED) is 0.621. The predicted molar refractivity (Wildman–Crippen MR) is 113 cm³/mol. The number of carbonyl (C=O) groups excluding carboxylic acids is 1. The maximum atomic E-state index is 12.1. The van der Waals surface area contributed by atoms with Gasteiger partial charge in [-0.25, -0.2) is 0 Å². The van der Waals surface area contributed by atoms with Crippen LogP contribution in [0.2, 0.25) is 0 Å². The molecule has 27 heavy (non-hydrogen) atoms. The van der Waals surface area contributed by atoms with Crippen molar-refractivity contribution in [1.29, 1.82) is 0 Å². The maximum Gasteiger partial charge on any atom is 0.230 e. The summed E-state index contributed by atoms with van der Waals surface area (Å²) in [5.41, 5.74) is 2.31. The molecule has 1 fully saturated rings. The van der Waals surface area contributed by atoms with Crippen LogP contribution in [0.25, 0.3) is 0 Å². The van der Waals surface area contributed by atoms with E-state index in [4.69, 9.17) is 4.74 Å². The van der Waals surface area contributed by atoms with Crippen molar-refractivity contribution in [1.82, 2.24) is 5.32 Å². The molecule has 0 saturated heterocycles. The molecule has 0 atom stereocenters. The van der Waals surface area contributed by atoms with Gasteiger partial charge in [0, 0.05) is 11.8 Å². The molecule has 1 N–H and O–H groups in total. The standard InChI is InChI=1S/C23H29NO2S/c25-22(24-21-14-8-3-9-15-21)18-27-17-16-26-23(19-10-4-1-5-11-19)20-12-6-2-7-13-20/h1-2,4-7,10-13,21,23H,3,8-9,14-18H2,(H,24,25). The fourth-order valence-electron chi connectivity index (χ4n) is 3.55. The topological polar surface area (TPSA) is 38.3 Å². The Morgan fingerprint density at radius 3 is 2.15 bits per heavy atom. The molecule has 0 aliphatic heterocycles. The minimum absolute atomic E-state index is 0.0657. The van der Waals surface area contributed by atoms with Gasteiger partial charge in [-0.3, -0.25) is 4.79 Å². The minimum atomic E-state index is -0.0657. The molecule has 1 aliphatic carbocycles. The van der Waals surface area contributed by atoms with Crippen molar-refractivity contribution in [2.75, 3.05) is 18.1 Å². The zero-order valence-corrected chi connectivity index (χ0v) is 16.6. The van der Waals surface area contributed by atoms with Crippen LogP contribution in [0.15, 0.2) is 60.7 Å². The van der Waals surface area contributed by atoms with Gasteiger partial charge in [-0.1, -0.05) is 79.9 Å². The number of hydrogen-bond acceptors (Lipinski definition) is 3. The van der Waals surface area contributed by atoms with Crippen LogP contribution < -0.4 is 5.32 Å². The van der Waals surface area contributed by atoms with E-state index in [0.29, 0.717) is 18.4 Å². The van der Waals surface area contributed by atoms with E-state index in [0.717, 1.165) is 29.7 Å². The van der Waals surface area contributed by atoms with Crippen LogP contribution in [-0.2, 0) is 9.53 Å². The van der Waals surface area contributed by atoms with Crippen LogP contribution in [0.3, 0.4) is 0 Å². The van der Waals surface area contributed by atoms with Crippen molar-refractivity contribution in [2.45, 2.75) is 44.2 Å². The van der Waals surface area contributed by atoms with Crippen LogP contribution >= 0.6 is 11.8 Å². The summed E-state index contributed by atoms with van der Waals surface area (Å²) in [6.07, 6.45) is 6.00. The van der Waals surface area contributed by atoms with Crippen molar-refractivity contribution < 1.29 is 9.53 Å². The Morgan fingerprint density at radius 1 is 0.963 bits per heavy atom. The van der Waals surface area contributed by atoms with Crippen LogP contribution in [0.4, 0.5) is 0 Å². The molecule has 0 aromatic heterocycles. The summed E-state index contributed by atoms with van der Waals surface area (Å²) in [7, 11) is 0. The van der Waals surface area contributed by atoms with Gasteiger partial charge in [0.25, 0.3) is 0 Å². The second kappa shape index (κ2) is 11.2. The van der Waals surface area contributed by atoms with Crippen molar-refractivity contribution in [3.8, 4) is 0 Å².